The molecule has 1 atom stereocenters. The average molecular weight is 347 g/mol. The zero-order valence-electron chi connectivity index (χ0n) is 13.6. The van der Waals surface area contributed by atoms with Crippen molar-refractivity contribution in [1.82, 2.24) is 20.3 Å². The predicted octanol–water partition coefficient (Wildman–Crippen LogP) is 1.35. The fraction of sp³-hybridized carbons (Fsp3) is 0.438. The second-order valence-electron chi connectivity index (χ2n) is 5.97. The van der Waals surface area contributed by atoms with Gasteiger partial charge in [0, 0.05) is 37.7 Å². The van der Waals surface area contributed by atoms with Gasteiger partial charge in [0.2, 0.25) is 5.95 Å². The Morgan fingerprint density at radius 1 is 1.38 bits per heavy atom. The third-order valence-electron chi connectivity index (χ3n) is 4.04. The lowest BCUT2D eigenvalue weighted by Gasteiger charge is -2.24. The number of hydrogen-bond acceptors (Lipinski definition) is 7. The summed E-state index contributed by atoms with van der Waals surface area (Å²) in [5, 5.41) is 6.45. The van der Waals surface area contributed by atoms with Crippen molar-refractivity contribution in [3.05, 3.63) is 42.0 Å². The molecule has 128 valence electrons. The number of nitrogens with zero attached hydrogens (tertiary/aromatic N) is 3. The van der Waals surface area contributed by atoms with Crippen molar-refractivity contribution in [2.45, 2.75) is 30.2 Å². The lowest BCUT2D eigenvalue weighted by Crippen LogP contribution is -2.30. The van der Waals surface area contributed by atoms with Crippen LogP contribution in [0.4, 0.5) is 5.95 Å². The fourth-order valence-corrected chi connectivity index (χ4v) is 3.65. The van der Waals surface area contributed by atoms with Gasteiger partial charge in [0.1, 0.15) is 4.90 Å². The van der Waals surface area contributed by atoms with Crippen molar-refractivity contribution in [3.8, 4) is 0 Å². The smallest absolute Gasteiger partial charge is 0.223 e. The molecule has 1 fully saturated rings. The van der Waals surface area contributed by atoms with Gasteiger partial charge in [-0.05, 0) is 31.0 Å². The van der Waals surface area contributed by atoms with E-state index in [-0.39, 0.29) is 10.8 Å². The van der Waals surface area contributed by atoms with Gasteiger partial charge in [0.15, 0.2) is 9.84 Å². The first-order chi connectivity index (χ1) is 11.5. The molecule has 0 radical (unpaired) electrons. The Bertz CT molecular complexity index is 789. The molecule has 7 nitrogen and oxygen atoms in total. The molecular weight excluding hydrogens is 326 g/mol. The summed E-state index contributed by atoms with van der Waals surface area (Å²) in [5.74, 6) is 0.525. The van der Waals surface area contributed by atoms with E-state index < -0.39 is 9.84 Å². The molecule has 0 unspecified atom stereocenters. The van der Waals surface area contributed by atoms with Gasteiger partial charge >= 0.3 is 0 Å². The minimum absolute atomic E-state index is 0.0883. The molecular formula is C16H21N5O2S. The van der Waals surface area contributed by atoms with Crippen LogP contribution in [0.1, 0.15) is 30.0 Å². The maximum absolute atomic E-state index is 12.1. The van der Waals surface area contributed by atoms with Crippen LogP contribution in [-0.2, 0) is 16.4 Å². The number of anilines is 1. The number of nitrogens with one attached hydrogen (secondary N) is 2. The highest BCUT2D eigenvalue weighted by molar-refractivity contribution is 7.90. The molecule has 0 aliphatic carbocycles. The standard InChI is InChI=1S/C16H21N5O2S/c1-24(22,23)14-11-20-16(19-9-12-4-2-6-17-8-12)21-15(14)13-5-3-7-18-10-13/h2,4,6,8,11,13,18H,3,5,7,9-10H2,1H3,(H,19,20,21)/t13-/m1/s1. The molecule has 0 amide bonds. The summed E-state index contributed by atoms with van der Waals surface area (Å²) < 4.78 is 24.1. The number of piperidine rings is 1. The lowest BCUT2D eigenvalue weighted by molar-refractivity contribution is 0.448. The van der Waals surface area contributed by atoms with Crippen molar-refractivity contribution in [3.63, 3.8) is 0 Å². The SMILES string of the molecule is CS(=O)(=O)c1cnc(NCc2cccnc2)nc1[C@@H]1CCCNC1. The Morgan fingerprint density at radius 2 is 2.25 bits per heavy atom. The first-order valence-corrected chi connectivity index (χ1v) is 9.83. The molecule has 2 aromatic rings. The highest BCUT2D eigenvalue weighted by Crippen LogP contribution is 2.27. The average Bonchev–Trinajstić information content (AvgIpc) is 2.60. The largest absolute Gasteiger partial charge is 0.350 e. The topological polar surface area (TPSA) is 96.9 Å². The van der Waals surface area contributed by atoms with Gasteiger partial charge in [-0.2, -0.15) is 0 Å². The zero-order valence-corrected chi connectivity index (χ0v) is 14.4. The van der Waals surface area contributed by atoms with Crippen LogP contribution in [0, 0.1) is 0 Å². The molecule has 2 N–H and O–H groups in total. The maximum atomic E-state index is 12.1. The minimum Gasteiger partial charge on any atom is -0.350 e. The summed E-state index contributed by atoms with van der Waals surface area (Å²) in [7, 11) is -3.36. The Kier molecular flexibility index (Phi) is 5.06. The van der Waals surface area contributed by atoms with E-state index in [1.165, 1.54) is 12.5 Å². The summed E-state index contributed by atoms with van der Waals surface area (Å²) in [5.41, 5.74) is 1.61. The van der Waals surface area contributed by atoms with E-state index in [9.17, 15) is 8.42 Å². The Labute approximate surface area is 141 Å². The molecule has 3 heterocycles. The van der Waals surface area contributed by atoms with Crippen molar-refractivity contribution in [2.24, 2.45) is 0 Å². The quantitative estimate of drug-likeness (QED) is 0.843. The van der Waals surface area contributed by atoms with E-state index in [0.29, 0.717) is 18.2 Å². The summed E-state index contributed by atoms with van der Waals surface area (Å²) in [6, 6.07) is 3.82. The van der Waals surface area contributed by atoms with Crippen LogP contribution in [-0.4, -0.2) is 42.7 Å². The molecule has 0 aromatic carbocycles. The van der Waals surface area contributed by atoms with Crippen molar-refractivity contribution >= 4 is 15.8 Å². The molecule has 2 aromatic heterocycles. The Balaban J connectivity index is 1.86. The highest BCUT2D eigenvalue weighted by atomic mass is 32.2. The van der Waals surface area contributed by atoms with Crippen LogP contribution < -0.4 is 10.6 Å². The molecule has 0 spiro atoms. The van der Waals surface area contributed by atoms with Crippen LogP contribution in [0.15, 0.2) is 35.6 Å². The van der Waals surface area contributed by atoms with Gasteiger partial charge in [0.05, 0.1) is 11.9 Å². The molecule has 0 bridgehead atoms. The van der Waals surface area contributed by atoms with Crippen LogP contribution in [0.5, 0.6) is 0 Å². The number of aromatic nitrogens is 3. The summed E-state index contributed by atoms with van der Waals surface area (Å²) in [6.45, 7) is 2.23. The highest BCUT2D eigenvalue weighted by Gasteiger charge is 2.25. The van der Waals surface area contributed by atoms with Gasteiger partial charge in [-0.3, -0.25) is 4.98 Å². The first-order valence-electron chi connectivity index (χ1n) is 7.94. The summed E-state index contributed by atoms with van der Waals surface area (Å²) in [6.07, 6.45) is 8.04. The molecule has 1 aliphatic heterocycles. The van der Waals surface area contributed by atoms with Gasteiger partial charge in [-0.25, -0.2) is 18.4 Å². The second kappa shape index (κ2) is 7.23. The third-order valence-corrected chi connectivity index (χ3v) is 5.15. The van der Waals surface area contributed by atoms with E-state index in [1.54, 1.807) is 12.4 Å². The zero-order chi connectivity index (χ0) is 17.0. The van der Waals surface area contributed by atoms with Crippen LogP contribution in [0.2, 0.25) is 0 Å². The molecule has 1 aliphatic rings. The molecule has 3 rings (SSSR count). The second-order valence-corrected chi connectivity index (χ2v) is 7.96. The number of rotatable bonds is 5. The van der Waals surface area contributed by atoms with Crippen LogP contribution >= 0.6 is 0 Å². The van der Waals surface area contributed by atoms with E-state index in [2.05, 4.69) is 25.6 Å². The maximum Gasteiger partial charge on any atom is 0.223 e. The van der Waals surface area contributed by atoms with Crippen LogP contribution in [0.25, 0.3) is 0 Å². The van der Waals surface area contributed by atoms with Crippen molar-refractivity contribution in [1.29, 1.82) is 0 Å². The van der Waals surface area contributed by atoms with E-state index >= 15 is 0 Å². The predicted molar refractivity (Wildman–Crippen MR) is 91.6 cm³/mol. The molecule has 24 heavy (non-hydrogen) atoms. The van der Waals surface area contributed by atoms with E-state index in [4.69, 9.17) is 0 Å². The monoisotopic (exact) mass is 347 g/mol. The molecule has 1 saturated heterocycles. The molecule has 8 heteroatoms. The third kappa shape index (κ3) is 4.07. The number of sulfone groups is 1. The van der Waals surface area contributed by atoms with Gasteiger partial charge in [-0.1, -0.05) is 6.07 Å². The van der Waals surface area contributed by atoms with Crippen LogP contribution in [0.3, 0.4) is 0 Å². The number of hydrogen-bond donors (Lipinski definition) is 2. The van der Waals surface area contributed by atoms with E-state index in [0.717, 1.165) is 31.5 Å². The molecule has 0 saturated carbocycles. The fourth-order valence-electron chi connectivity index (χ4n) is 2.82. The van der Waals surface area contributed by atoms with Gasteiger partial charge < -0.3 is 10.6 Å². The lowest BCUT2D eigenvalue weighted by atomic mass is 9.96. The van der Waals surface area contributed by atoms with Gasteiger partial charge in [-0.15, -0.1) is 0 Å². The van der Waals surface area contributed by atoms with Gasteiger partial charge in [0.25, 0.3) is 0 Å². The normalized spacial score (nSPS) is 18.3. The summed E-state index contributed by atoms with van der Waals surface area (Å²) >= 11 is 0. The minimum atomic E-state index is -3.36. The van der Waals surface area contributed by atoms with E-state index in [1.807, 2.05) is 12.1 Å². The van der Waals surface area contributed by atoms with Crippen molar-refractivity contribution in [2.75, 3.05) is 24.7 Å². The number of pyridine rings is 1. The first kappa shape index (κ1) is 16.8. The Morgan fingerprint density at radius 3 is 2.92 bits per heavy atom. The summed E-state index contributed by atoms with van der Waals surface area (Å²) in [4.78, 5) is 13.0. The van der Waals surface area contributed by atoms with Crippen molar-refractivity contribution < 1.29 is 8.42 Å². The Hall–Kier alpha value is -2.06.